The maximum atomic E-state index is 15.0. The highest BCUT2D eigenvalue weighted by atomic mass is 35.5. The van der Waals surface area contributed by atoms with E-state index in [1.165, 1.54) is 37.9 Å². The first-order valence-corrected chi connectivity index (χ1v) is 23.0. The van der Waals surface area contributed by atoms with E-state index in [-0.39, 0.29) is 28.8 Å². The molecule has 0 saturated carbocycles. The van der Waals surface area contributed by atoms with Gasteiger partial charge < -0.3 is 39.6 Å². The number of ether oxygens (including phenoxy) is 4. The molecule has 2 aromatic carbocycles. The number of aliphatic hydroxyl groups is 1. The number of fused-ring (bicyclic) bond motifs is 1. The van der Waals surface area contributed by atoms with Gasteiger partial charge in [0.25, 0.3) is 11.8 Å². The summed E-state index contributed by atoms with van der Waals surface area (Å²) in [6.45, 7) is 17.6. The SMILES string of the molecule is CCC(C)C1C(=O)N(ON)C(Cc2cc(Cl)c(OCCNCC(C)C)c(Cl)c2)C(=O)NC(C(C)(C)O)C(=O)OC(c2ccccc2)C(C)/C=C/C=C(\C)C(OC)CC2OC2(C)C(=O)N1C. The quantitative estimate of drug-likeness (QED) is 0.0717. The zero-order chi connectivity index (χ0) is 48.4. The predicted octanol–water partition coefficient (Wildman–Crippen LogP) is 6.29. The molecule has 1 fully saturated rings. The summed E-state index contributed by atoms with van der Waals surface area (Å²) < 4.78 is 24.1. The number of epoxide rings is 1. The predicted molar refractivity (Wildman–Crippen MR) is 250 cm³/mol. The molecule has 0 radical (unpaired) electrons. The first-order valence-electron chi connectivity index (χ1n) is 22.2. The number of amides is 3. The van der Waals surface area contributed by atoms with E-state index in [9.17, 15) is 24.3 Å². The fourth-order valence-electron chi connectivity index (χ4n) is 7.94. The van der Waals surface area contributed by atoms with Crippen LogP contribution in [-0.4, -0.2) is 114 Å². The second kappa shape index (κ2) is 23.6. The fraction of sp³-hybridized carbons (Fsp3) is 0.583. The summed E-state index contributed by atoms with van der Waals surface area (Å²) >= 11 is 13.5. The van der Waals surface area contributed by atoms with Crippen LogP contribution in [0, 0.1) is 17.8 Å². The average molecular weight is 947 g/mol. The van der Waals surface area contributed by atoms with Crippen molar-refractivity contribution in [2.45, 2.75) is 129 Å². The van der Waals surface area contributed by atoms with Crippen molar-refractivity contribution in [1.29, 1.82) is 0 Å². The van der Waals surface area contributed by atoms with Gasteiger partial charge in [-0.25, -0.2) is 4.79 Å². The van der Waals surface area contributed by atoms with Crippen molar-refractivity contribution in [2.75, 3.05) is 33.9 Å². The van der Waals surface area contributed by atoms with E-state index < -0.39 is 83.2 Å². The molecule has 0 aromatic heterocycles. The Kier molecular flexibility index (Phi) is 19.4. The first kappa shape index (κ1) is 53.6. The monoisotopic (exact) mass is 945 g/mol. The molecule has 0 bridgehead atoms. The van der Waals surface area contributed by atoms with Crippen LogP contribution in [0.4, 0.5) is 0 Å². The number of halogens is 2. The third-order valence-corrected chi connectivity index (χ3v) is 12.7. The van der Waals surface area contributed by atoms with Gasteiger partial charge in [0, 0.05) is 39.5 Å². The number of nitrogens with one attached hydrogen (secondary N) is 2. The molecular weight excluding hydrogens is 877 g/mol. The van der Waals surface area contributed by atoms with Gasteiger partial charge in [0.15, 0.2) is 17.4 Å². The lowest BCUT2D eigenvalue weighted by Crippen LogP contribution is -2.63. The van der Waals surface area contributed by atoms with Gasteiger partial charge in [-0.15, -0.1) is 0 Å². The van der Waals surface area contributed by atoms with E-state index in [0.29, 0.717) is 41.5 Å². The maximum Gasteiger partial charge on any atom is 0.332 e. The minimum Gasteiger partial charge on any atom is -0.489 e. The molecule has 2 heterocycles. The number of nitrogens with zero attached hydrogens (tertiary/aromatic N) is 2. The van der Waals surface area contributed by atoms with Crippen molar-refractivity contribution in [2.24, 2.45) is 23.7 Å². The molecule has 2 aliphatic heterocycles. The fourth-order valence-corrected chi connectivity index (χ4v) is 8.58. The lowest BCUT2D eigenvalue weighted by atomic mass is 9.93. The Labute approximate surface area is 394 Å². The zero-order valence-electron chi connectivity index (χ0n) is 39.6. The van der Waals surface area contributed by atoms with Gasteiger partial charge in [0.2, 0.25) is 5.91 Å². The van der Waals surface area contributed by atoms with Crippen LogP contribution in [0.5, 0.6) is 5.75 Å². The van der Waals surface area contributed by atoms with E-state index in [1.807, 2.05) is 69.3 Å². The third-order valence-electron chi connectivity index (χ3n) is 12.1. The van der Waals surface area contributed by atoms with E-state index >= 15 is 0 Å². The van der Waals surface area contributed by atoms with Gasteiger partial charge in [0.05, 0.1) is 27.9 Å². The summed E-state index contributed by atoms with van der Waals surface area (Å²) in [7, 11) is 3.07. The smallest absolute Gasteiger partial charge is 0.332 e. The average Bonchev–Trinajstić information content (AvgIpc) is 3.92. The Morgan fingerprint density at radius 1 is 1.09 bits per heavy atom. The lowest BCUT2D eigenvalue weighted by molar-refractivity contribution is -0.211. The highest BCUT2D eigenvalue weighted by Crippen LogP contribution is 2.43. The number of carbonyl (C=O) groups excluding carboxylic acids is 4. The second-order valence-corrected chi connectivity index (χ2v) is 19.1. The summed E-state index contributed by atoms with van der Waals surface area (Å²) in [6.07, 6.45) is 4.23. The third kappa shape index (κ3) is 13.8. The zero-order valence-corrected chi connectivity index (χ0v) is 41.1. The molecule has 360 valence electrons. The van der Waals surface area contributed by atoms with Crippen molar-refractivity contribution in [3.8, 4) is 5.75 Å². The highest BCUT2D eigenvalue weighted by Gasteiger charge is 2.61. The van der Waals surface area contributed by atoms with Crippen molar-refractivity contribution in [3.05, 3.63) is 87.4 Å². The lowest BCUT2D eigenvalue weighted by Gasteiger charge is -2.38. The van der Waals surface area contributed by atoms with Gasteiger partial charge in [0.1, 0.15) is 24.8 Å². The van der Waals surface area contributed by atoms with Crippen molar-refractivity contribution in [1.82, 2.24) is 20.6 Å². The van der Waals surface area contributed by atoms with Crippen LogP contribution in [-0.2, 0) is 44.7 Å². The first-order chi connectivity index (χ1) is 30.6. The number of esters is 1. The minimum absolute atomic E-state index is 0.134. The van der Waals surface area contributed by atoms with Crippen LogP contribution in [0.15, 0.2) is 66.3 Å². The number of likely N-dealkylation sites (N-methyl/N-ethyl adjacent to an activating group) is 1. The van der Waals surface area contributed by atoms with Gasteiger partial charge in [-0.1, -0.05) is 113 Å². The Balaban J connectivity index is 1.85. The van der Waals surface area contributed by atoms with Crippen LogP contribution >= 0.6 is 23.2 Å². The number of hydrogen-bond acceptors (Lipinski definition) is 12. The molecule has 17 heteroatoms. The van der Waals surface area contributed by atoms with Crippen molar-refractivity contribution in [3.63, 3.8) is 0 Å². The van der Waals surface area contributed by atoms with Gasteiger partial charge in [-0.3, -0.25) is 14.4 Å². The number of methoxy groups -OCH3 is 1. The largest absolute Gasteiger partial charge is 0.489 e. The standard InChI is InChI=1S/C48H69Cl2N5O10/c1-12-29(4)39-44(57)55(65-51)36(25-32-23-34(49)41(35(50)24-32)62-22-21-52-27-28(2)3)43(56)53-42(47(7,8)60)45(58)63-40(33-19-14-13-15-20-33)31(6)18-16-17-30(5)37(61-11)26-38-48(9,64-38)46(59)54(39)10/h13-20,23-24,28-29,31,36-40,42,52,60H,12,21-22,25-27,51H2,1-11H3,(H,53,56)/b18-16+,30-17+. The molecule has 5 N–H and O–H groups in total. The molecule has 4 rings (SSSR count). The number of rotatable bonds is 14. The summed E-state index contributed by atoms with van der Waals surface area (Å²) in [5.74, 6) is 2.49. The number of nitrogens with two attached hydrogens (primary N) is 1. The molecule has 0 spiro atoms. The van der Waals surface area contributed by atoms with Crippen LogP contribution in [0.3, 0.4) is 0 Å². The number of cyclic esters (lactones) is 1. The molecule has 9 unspecified atom stereocenters. The Morgan fingerprint density at radius 2 is 1.74 bits per heavy atom. The summed E-state index contributed by atoms with van der Waals surface area (Å²) in [4.78, 5) is 65.3. The molecular formula is C48H69Cl2N5O10. The van der Waals surface area contributed by atoms with Crippen LogP contribution in [0.25, 0.3) is 0 Å². The van der Waals surface area contributed by atoms with Gasteiger partial charge >= 0.3 is 5.97 Å². The van der Waals surface area contributed by atoms with E-state index in [0.717, 1.165) is 12.1 Å². The van der Waals surface area contributed by atoms with E-state index in [1.54, 1.807) is 21.0 Å². The van der Waals surface area contributed by atoms with Crippen LogP contribution in [0.2, 0.25) is 10.0 Å². The summed E-state index contributed by atoms with van der Waals surface area (Å²) in [6, 6.07) is 7.63. The molecule has 3 amide bonds. The molecule has 65 heavy (non-hydrogen) atoms. The Hall–Kier alpha value is -4.06. The number of allylic oxidation sites excluding steroid dienone is 2. The number of hydroxylamine groups is 2. The van der Waals surface area contributed by atoms with Crippen molar-refractivity contribution < 1.29 is 48.2 Å². The Morgan fingerprint density at radius 3 is 2.31 bits per heavy atom. The summed E-state index contributed by atoms with van der Waals surface area (Å²) in [5.41, 5.74) is -1.32. The second-order valence-electron chi connectivity index (χ2n) is 18.3. The van der Waals surface area contributed by atoms with Crippen molar-refractivity contribution >= 4 is 46.9 Å². The molecule has 2 aromatic rings. The minimum atomic E-state index is -1.90. The van der Waals surface area contributed by atoms with Crippen LogP contribution in [0.1, 0.15) is 92.4 Å². The van der Waals surface area contributed by atoms with Gasteiger partial charge in [-0.05, 0) is 74.9 Å². The number of carbonyl (C=O) groups is 4. The van der Waals surface area contributed by atoms with Gasteiger partial charge in [-0.2, -0.15) is 15.9 Å². The Bertz CT molecular complexity index is 1990. The normalized spacial score (nSPS) is 28.4. The molecule has 15 nitrogen and oxygen atoms in total. The molecule has 9 atom stereocenters. The molecule has 0 aliphatic carbocycles. The molecule has 1 saturated heterocycles. The highest BCUT2D eigenvalue weighted by molar-refractivity contribution is 6.37. The molecule has 2 aliphatic rings. The number of benzene rings is 2. The van der Waals surface area contributed by atoms with E-state index in [4.69, 9.17) is 53.0 Å². The van der Waals surface area contributed by atoms with E-state index in [2.05, 4.69) is 24.5 Å². The summed E-state index contributed by atoms with van der Waals surface area (Å²) in [5, 5.41) is 18.4. The topological polar surface area (TPSA) is 195 Å². The number of hydrogen-bond donors (Lipinski definition) is 4. The maximum absolute atomic E-state index is 15.0. The van der Waals surface area contributed by atoms with Crippen LogP contribution < -0.4 is 21.3 Å².